The van der Waals surface area contributed by atoms with E-state index < -0.39 is 12.8 Å². The summed E-state index contributed by atoms with van der Waals surface area (Å²) in [6, 6.07) is 6.49. The smallest absolute Gasteiger partial charge is 0.422 e. The second-order valence-corrected chi connectivity index (χ2v) is 6.78. The molecule has 0 spiro atoms. The van der Waals surface area contributed by atoms with Crippen LogP contribution in [0.15, 0.2) is 35.5 Å². The Labute approximate surface area is 177 Å². The first-order valence-electron chi connectivity index (χ1n) is 8.07. The summed E-state index contributed by atoms with van der Waals surface area (Å²) in [5, 5.41) is 7.27. The molecule has 0 aliphatic heterocycles. The Hall–Kier alpha value is -1.56. The highest BCUT2D eigenvalue weighted by atomic mass is 127. The molecule has 27 heavy (non-hydrogen) atoms. The van der Waals surface area contributed by atoms with Crippen LogP contribution in [0.4, 0.5) is 13.2 Å². The van der Waals surface area contributed by atoms with Gasteiger partial charge in [0.2, 0.25) is 0 Å². The molecule has 0 fully saturated rings. The molecule has 0 amide bonds. The zero-order valence-electron chi connectivity index (χ0n) is 15.0. The van der Waals surface area contributed by atoms with Crippen LogP contribution in [0.5, 0.6) is 5.75 Å². The van der Waals surface area contributed by atoms with Gasteiger partial charge >= 0.3 is 6.18 Å². The predicted octanol–water partition coefficient (Wildman–Crippen LogP) is 4.27. The van der Waals surface area contributed by atoms with Crippen molar-refractivity contribution in [2.24, 2.45) is 4.99 Å². The van der Waals surface area contributed by atoms with Crippen LogP contribution < -0.4 is 15.4 Å². The van der Waals surface area contributed by atoms with E-state index in [2.05, 4.69) is 20.6 Å². The molecule has 0 radical (unpaired) electrons. The van der Waals surface area contributed by atoms with E-state index in [1.807, 2.05) is 20.0 Å². The fraction of sp³-hybridized carbons (Fsp3) is 0.412. The van der Waals surface area contributed by atoms with E-state index in [-0.39, 0.29) is 29.7 Å². The Bertz CT molecular complexity index is 737. The summed E-state index contributed by atoms with van der Waals surface area (Å²) in [6.45, 7) is 4.20. The number of hydrogen-bond acceptors (Lipinski definition) is 4. The molecule has 0 aliphatic rings. The molecule has 150 valence electrons. The van der Waals surface area contributed by atoms with Gasteiger partial charge < -0.3 is 15.4 Å². The molecule has 0 saturated carbocycles. The van der Waals surface area contributed by atoms with Crippen LogP contribution in [0.2, 0.25) is 0 Å². The van der Waals surface area contributed by atoms with E-state index in [0.29, 0.717) is 25.6 Å². The number of halogens is 4. The summed E-state index contributed by atoms with van der Waals surface area (Å²) in [5.41, 5.74) is 0.756. The van der Waals surface area contributed by atoms with Crippen LogP contribution in [0.3, 0.4) is 0 Å². The second-order valence-electron chi connectivity index (χ2n) is 5.46. The molecule has 0 saturated heterocycles. The van der Waals surface area contributed by atoms with Gasteiger partial charge in [0.1, 0.15) is 10.8 Å². The number of nitrogens with zero attached hydrogens (tertiary/aromatic N) is 2. The lowest BCUT2D eigenvalue weighted by Crippen LogP contribution is -2.36. The quantitative estimate of drug-likeness (QED) is 0.330. The van der Waals surface area contributed by atoms with Crippen molar-refractivity contribution in [1.29, 1.82) is 0 Å². The topological polar surface area (TPSA) is 58.5 Å². The van der Waals surface area contributed by atoms with Crippen molar-refractivity contribution in [3.05, 3.63) is 45.9 Å². The van der Waals surface area contributed by atoms with Gasteiger partial charge in [0.05, 0.1) is 13.1 Å². The van der Waals surface area contributed by atoms with Crippen LogP contribution >= 0.6 is 35.3 Å². The van der Waals surface area contributed by atoms with Gasteiger partial charge in [0.15, 0.2) is 12.6 Å². The number of thiazole rings is 1. The third-order valence-corrected chi connectivity index (χ3v) is 4.05. The maximum absolute atomic E-state index is 12.2. The number of alkyl halides is 3. The maximum atomic E-state index is 12.2. The fourth-order valence-electron chi connectivity index (χ4n) is 2.05. The van der Waals surface area contributed by atoms with Gasteiger partial charge in [0.25, 0.3) is 0 Å². The van der Waals surface area contributed by atoms with Crippen LogP contribution in [0.25, 0.3) is 0 Å². The molecule has 5 nitrogen and oxygen atoms in total. The Balaban J connectivity index is 0.00000364. The second kappa shape index (κ2) is 11.3. The number of aliphatic imine (C=N–C) groups is 1. The average Bonchev–Trinajstić information content (AvgIpc) is 3.01. The predicted molar refractivity (Wildman–Crippen MR) is 112 cm³/mol. The van der Waals surface area contributed by atoms with Gasteiger partial charge in [-0.15, -0.1) is 35.3 Å². The first-order chi connectivity index (χ1) is 12.4. The van der Waals surface area contributed by atoms with Crippen molar-refractivity contribution in [2.45, 2.75) is 33.1 Å². The average molecular weight is 514 g/mol. The molecule has 0 unspecified atom stereocenters. The number of aryl methyl sites for hydroxylation is 1. The van der Waals surface area contributed by atoms with Crippen molar-refractivity contribution < 1.29 is 17.9 Å². The summed E-state index contributed by atoms with van der Waals surface area (Å²) in [4.78, 5) is 9.87. The van der Waals surface area contributed by atoms with Crippen molar-refractivity contribution in [1.82, 2.24) is 15.6 Å². The van der Waals surface area contributed by atoms with Gasteiger partial charge in [-0.3, -0.25) is 0 Å². The molecule has 0 bridgehead atoms. The first kappa shape index (κ1) is 23.5. The summed E-state index contributed by atoms with van der Waals surface area (Å²) < 4.78 is 41.5. The third-order valence-electron chi connectivity index (χ3n) is 3.14. The number of ether oxygens (including phenoxy) is 1. The molecule has 1 aromatic carbocycles. The Morgan fingerprint density at radius 1 is 1.30 bits per heavy atom. The summed E-state index contributed by atoms with van der Waals surface area (Å²) in [7, 11) is 0. The van der Waals surface area contributed by atoms with Crippen LogP contribution in [0.1, 0.15) is 22.4 Å². The van der Waals surface area contributed by atoms with Crippen molar-refractivity contribution in [2.75, 3.05) is 13.2 Å². The minimum atomic E-state index is -4.36. The summed E-state index contributed by atoms with van der Waals surface area (Å²) in [6.07, 6.45) is -2.54. The normalized spacial score (nSPS) is 11.7. The fourth-order valence-corrected chi connectivity index (χ4v) is 2.78. The number of benzene rings is 1. The molecule has 1 heterocycles. The number of rotatable bonds is 7. The molecular formula is C17H22F3IN4OS. The summed E-state index contributed by atoms with van der Waals surface area (Å²) >= 11 is 1.61. The van der Waals surface area contributed by atoms with Gasteiger partial charge in [-0.25, -0.2) is 9.98 Å². The lowest BCUT2D eigenvalue weighted by atomic mass is 10.2. The molecular weight excluding hydrogens is 492 g/mol. The zero-order chi connectivity index (χ0) is 19.0. The van der Waals surface area contributed by atoms with Gasteiger partial charge in [-0.2, -0.15) is 13.2 Å². The van der Waals surface area contributed by atoms with Crippen LogP contribution in [-0.4, -0.2) is 30.3 Å². The van der Waals surface area contributed by atoms with Crippen LogP contribution in [0, 0.1) is 6.92 Å². The molecule has 2 aromatic rings. The van der Waals surface area contributed by atoms with Crippen molar-refractivity contribution in [3.8, 4) is 5.75 Å². The molecule has 0 aliphatic carbocycles. The maximum Gasteiger partial charge on any atom is 0.422 e. The van der Waals surface area contributed by atoms with Gasteiger partial charge in [-0.05, 0) is 31.5 Å². The molecule has 2 N–H and O–H groups in total. The van der Waals surface area contributed by atoms with Crippen LogP contribution in [-0.2, 0) is 13.1 Å². The van der Waals surface area contributed by atoms with Crippen molar-refractivity contribution >= 4 is 41.3 Å². The Morgan fingerprint density at radius 3 is 2.70 bits per heavy atom. The van der Waals surface area contributed by atoms with Gasteiger partial charge in [0, 0.05) is 17.6 Å². The number of guanidine groups is 1. The minimum Gasteiger partial charge on any atom is -0.484 e. The SMILES string of the molecule is CCNC(=NCc1cccc(OCC(F)(F)F)c1)NCc1ncc(C)s1.I. The lowest BCUT2D eigenvalue weighted by molar-refractivity contribution is -0.153. The van der Waals surface area contributed by atoms with E-state index in [0.717, 1.165) is 15.4 Å². The molecule has 2 rings (SSSR count). The minimum absolute atomic E-state index is 0. The van der Waals surface area contributed by atoms with E-state index >= 15 is 0 Å². The monoisotopic (exact) mass is 514 g/mol. The van der Waals surface area contributed by atoms with Gasteiger partial charge in [-0.1, -0.05) is 12.1 Å². The molecule has 1 aromatic heterocycles. The number of nitrogens with one attached hydrogen (secondary N) is 2. The highest BCUT2D eigenvalue weighted by Gasteiger charge is 2.28. The number of aromatic nitrogens is 1. The number of hydrogen-bond donors (Lipinski definition) is 2. The summed E-state index contributed by atoms with van der Waals surface area (Å²) in [5.74, 6) is 0.785. The van der Waals surface area contributed by atoms with E-state index in [1.54, 1.807) is 29.5 Å². The lowest BCUT2D eigenvalue weighted by Gasteiger charge is -2.11. The molecule has 0 atom stereocenters. The zero-order valence-corrected chi connectivity index (χ0v) is 18.1. The Kier molecular flexibility index (Phi) is 9.84. The highest BCUT2D eigenvalue weighted by Crippen LogP contribution is 2.19. The molecule has 10 heteroatoms. The largest absolute Gasteiger partial charge is 0.484 e. The van der Waals surface area contributed by atoms with E-state index in [1.165, 1.54) is 6.07 Å². The Morgan fingerprint density at radius 2 is 2.07 bits per heavy atom. The van der Waals surface area contributed by atoms with E-state index in [4.69, 9.17) is 4.74 Å². The standard InChI is InChI=1S/C17H21F3N4OS.HI/c1-3-21-16(24-10-15-22-8-12(2)26-15)23-9-13-5-4-6-14(7-13)25-11-17(18,19)20;/h4-8H,3,9-11H2,1-2H3,(H2,21,23,24);1H. The first-order valence-corrected chi connectivity index (χ1v) is 8.89. The van der Waals surface area contributed by atoms with Crippen molar-refractivity contribution in [3.63, 3.8) is 0 Å². The van der Waals surface area contributed by atoms with E-state index in [9.17, 15) is 13.2 Å². The third kappa shape index (κ3) is 9.27. The highest BCUT2D eigenvalue weighted by molar-refractivity contribution is 14.0.